The molecule has 0 aliphatic heterocycles. The number of nitrogens with two attached hydrogens (primary N) is 1. The summed E-state index contributed by atoms with van der Waals surface area (Å²) in [5.41, 5.74) is 5.02. The fourth-order valence-electron chi connectivity index (χ4n) is 1.45. The Labute approximate surface area is 107 Å². The van der Waals surface area contributed by atoms with Crippen molar-refractivity contribution in [2.45, 2.75) is 6.92 Å². The van der Waals surface area contributed by atoms with Crippen LogP contribution in [-0.4, -0.2) is 14.9 Å². The predicted octanol–water partition coefficient (Wildman–Crippen LogP) is 2.21. The molecule has 1 heterocycles. The zero-order valence-corrected chi connectivity index (χ0v) is 9.83. The maximum Gasteiger partial charge on any atom is 0.314 e. The van der Waals surface area contributed by atoms with Crippen molar-refractivity contribution in [3.63, 3.8) is 0 Å². The van der Waals surface area contributed by atoms with Gasteiger partial charge >= 0.3 is 5.69 Å². The van der Waals surface area contributed by atoms with Crippen LogP contribution in [0, 0.1) is 22.9 Å². The third-order valence-electron chi connectivity index (χ3n) is 2.17. The fourth-order valence-corrected chi connectivity index (χ4v) is 1.45. The van der Waals surface area contributed by atoms with Crippen LogP contribution in [0.25, 0.3) is 0 Å². The zero-order valence-electron chi connectivity index (χ0n) is 9.83. The number of halogens is 1. The van der Waals surface area contributed by atoms with E-state index in [0.717, 1.165) is 18.2 Å². The number of hydrogen-bond donors (Lipinski definition) is 1. The number of nitrogens with zero attached hydrogens (tertiary/aromatic N) is 3. The first-order valence-corrected chi connectivity index (χ1v) is 5.18. The van der Waals surface area contributed by atoms with Crippen LogP contribution in [-0.2, 0) is 0 Å². The van der Waals surface area contributed by atoms with Crippen LogP contribution >= 0.6 is 0 Å². The summed E-state index contributed by atoms with van der Waals surface area (Å²) in [5, 5.41) is 10.8. The summed E-state index contributed by atoms with van der Waals surface area (Å²) < 4.78 is 18.2. The first-order valence-electron chi connectivity index (χ1n) is 5.18. The third-order valence-corrected chi connectivity index (χ3v) is 2.17. The minimum absolute atomic E-state index is 0.0553. The van der Waals surface area contributed by atoms with Crippen LogP contribution < -0.4 is 10.5 Å². The van der Waals surface area contributed by atoms with Crippen LogP contribution in [0.15, 0.2) is 24.3 Å². The molecule has 2 N–H and O–H groups in total. The lowest BCUT2D eigenvalue weighted by Gasteiger charge is -2.06. The second kappa shape index (κ2) is 4.84. The van der Waals surface area contributed by atoms with Crippen molar-refractivity contribution in [3.05, 3.63) is 46.0 Å². The highest BCUT2D eigenvalue weighted by Crippen LogP contribution is 2.31. The van der Waals surface area contributed by atoms with E-state index >= 15 is 0 Å². The van der Waals surface area contributed by atoms with E-state index in [1.165, 1.54) is 6.07 Å². The van der Waals surface area contributed by atoms with E-state index in [1.807, 2.05) is 0 Å². The third kappa shape index (κ3) is 2.92. The Balaban J connectivity index is 2.40. The normalized spacial score (nSPS) is 10.2. The smallest absolute Gasteiger partial charge is 0.314 e. The van der Waals surface area contributed by atoms with E-state index in [2.05, 4.69) is 9.97 Å². The largest absolute Gasteiger partial charge is 0.432 e. The molecule has 0 saturated carbocycles. The Hall–Kier alpha value is -2.77. The first-order chi connectivity index (χ1) is 8.95. The van der Waals surface area contributed by atoms with E-state index in [4.69, 9.17) is 10.5 Å². The molecule has 0 spiro atoms. The van der Waals surface area contributed by atoms with E-state index in [9.17, 15) is 14.5 Å². The number of nitro benzene ring substituents is 1. The molecule has 0 radical (unpaired) electrons. The number of aromatic nitrogens is 2. The van der Waals surface area contributed by atoms with Gasteiger partial charge in [-0.15, -0.1) is 0 Å². The summed E-state index contributed by atoms with van der Waals surface area (Å²) in [5.74, 6) is -0.256. The number of rotatable bonds is 3. The number of hydrogen-bond acceptors (Lipinski definition) is 6. The molecule has 19 heavy (non-hydrogen) atoms. The van der Waals surface area contributed by atoms with Crippen LogP contribution in [0.3, 0.4) is 0 Å². The van der Waals surface area contributed by atoms with Crippen molar-refractivity contribution in [1.29, 1.82) is 0 Å². The molecule has 7 nitrogen and oxygen atoms in total. The lowest BCUT2D eigenvalue weighted by Crippen LogP contribution is -1.99. The average molecular weight is 264 g/mol. The molecule has 0 amide bonds. The highest BCUT2D eigenvalue weighted by Gasteiger charge is 2.17. The minimum Gasteiger partial charge on any atom is -0.432 e. The summed E-state index contributed by atoms with van der Waals surface area (Å²) in [6.45, 7) is 1.60. The van der Waals surface area contributed by atoms with Crippen LogP contribution in [0.1, 0.15) is 5.82 Å². The Kier molecular flexibility index (Phi) is 3.23. The van der Waals surface area contributed by atoms with Gasteiger partial charge in [-0.05, 0) is 19.1 Å². The maximum absolute atomic E-state index is 13.0. The second-order valence-corrected chi connectivity index (χ2v) is 3.65. The van der Waals surface area contributed by atoms with Crippen molar-refractivity contribution < 1.29 is 14.1 Å². The van der Waals surface area contributed by atoms with Gasteiger partial charge in [0.2, 0.25) is 11.6 Å². The standard InChI is InChI=1S/C11H9FN4O3/c1-6-14-10(13)5-11(15-6)19-9-3-2-7(12)4-8(9)16(17)18/h2-5H,1H3,(H2,13,14,15). The summed E-state index contributed by atoms with van der Waals surface area (Å²) in [4.78, 5) is 17.8. The average Bonchev–Trinajstić information content (AvgIpc) is 2.30. The summed E-state index contributed by atoms with van der Waals surface area (Å²) in [6.07, 6.45) is 0. The van der Waals surface area contributed by atoms with Crippen LogP contribution in [0.2, 0.25) is 0 Å². The summed E-state index contributed by atoms with van der Waals surface area (Å²) >= 11 is 0. The number of aryl methyl sites for hydroxylation is 1. The Morgan fingerprint density at radius 3 is 2.74 bits per heavy atom. The molecule has 0 saturated heterocycles. The van der Waals surface area contributed by atoms with Gasteiger partial charge in [-0.3, -0.25) is 10.1 Å². The number of anilines is 1. The molecule has 0 bridgehead atoms. The van der Waals surface area contributed by atoms with Crippen molar-refractivity contribution in [2.24, 2.45) is 0 Å². The minimum atomic E-state index is -0.740. The lowest BCUT2D eigenvalue weighted by molar-refractivity contribution is -0.385. The quantitative estimate of drug-likeness (QED) is 0.673. The molecule has 2 aromatic rings. The van der Waals surface area contributed by atoms with Gasteiger partial charge in [0.1, 0.15) is 17.5 Å². The molecule has 8 heteroatoms. The first kappa shape index (κ1) is 12.7. The topological polar surface area (TPSA) is 104 Å². The Bertz CT molecular complexity index is 628. The maximum atomic E-state index is 13.0. The zero-order chi connectivity index (χ0) is 14.0. The van der Waals surface area contributed by atoms with Gasteiger partial charge in [0, 0.05) is 6.07 Å². The van der Waals surface area contributed by atoms with Crippen LogP contribution in [0.5, 0.6) is 11.6 Å². The second-order valence-electron chi connectivity index (χ2n) is 3.65. The SMILES string of the molecule is Cc1nc(N)cc(Oc2ccc(F)cc2[N+](=O)[O-])n1. The van der Waals surface area contributed by atoms with Gasteiger partial charge in [-0.25, -0.2) is 9.37 Å². The summed E-state index contributed by atoms with van der Waals surface area (Å²) in [7, 11) is 0. The molecule has 98 valence electrons. The van der Waals surface area contributed by atoms with Crippen molar-refractivity contribution in [2.75, 3.05) is 5.73 Å². The highest BCUT2D eigenvalue weighted by atomic mass is 19.1. The van der Waals surface area contributed by atoms with Gasteiger partial charge in [0.25, 0.3) is 0 Å². The van der Waals surface area contributed by atoms with E-state index in [1.54, 1.807) is 6.92 Å². The van der Waals surface area contributed by atoms with Crippen molar-refractivity contribution in [1.82, 2.24) is 9.97 Å². The molecule has 0 aliphatic carbocycles. The van der Waals surface area contributed by atoms with E-state index in [0.29, 0.717) is 5.82 Å². The number of ether oxygens (including phenoxy) is 1. The summed E-state index contributed by atoms with van der Waals surface area (Å²) in [6, 6.07) is 4.30. The number of nitro groups is 1. The van der Waals surface area contributed by atoms with Gasteiger partial charge in [0.05, 0.1) is 11.0 Å². The molecule has 0 aliphatic rings. The van der Waals surface area contributed by atoms with Crippen molar-refractivity contribution >= 4 is 11.5 Å². The fraction of sp³-hybridized carbons (Fsp3) is 0.0909. The van der Waals surface area contributed by atoms with Gasteiger partial charge in [-0.2, -0.15) is 4.98 Å². The number of benzene rings is 1. The molecule has 2 rings (SSSR count). The predicted molar refractivity (Wildman–Crippen MR) is 64.3 cm³/mol. The lowest BCUT2D eigenvalue weighted by atomic mass is 10.3. The molecule has 1 aromatic carbocycles. The Morgan fingerprint density at radius 1 is 1.37 bits per heavy atom. The van der Waals surface area contributed by atoms with Gasteiger partial charge in [-0.1, -0.05) is 0 Å². The van der Waals surface area contributed by atoms with E-state index in [-0.39, 0.29) is 17.4 Å². The van der Waals surface area contributed by atoms with Crippen LogP contribution in [0.4, 0.5) is 15.9 Å². The van der Waals surface area contributed by atoms with Crippen molar-refractivity contribution in [3.8, 4) is 11.6 Å². The Morgan fingerprint density at radius 2 is 2.11 bits per heavy atom. The molecular formula is C11H9FN4O3. The van der Waals surface area contributed by atoms with E-state index < -0.39 is 16.4 Å². The molecular weight excluding hydrogens is 255 g/mol. The monoisotopic (exact) mass is 264 g/mol. The highest BCUT2D eigenvalue weighted by molar-refractivity contribution is 5.48. The molecule has 0 unspecified atom stereocenters. The molecule has 0 fully saturated rings. The van der Waals surface area contributed by atoms with Gasteiger partial charge in [0.15, 0.2) is 0 Å². The number of nitrogen functional groups attached to an aromatic ring is 1. The van der Waals surface area contributed by atoms with Gasteiger partial charge < -0.3 is 10.5 Å². The molecule has 0 atom stereocenters. The molecule has 1 aromatic heterocycles.